The lowest BCUT2D eigenvalue weighted by Crippen LogP contribution is -2.34. The van der Waals surface area contributed by atoms with E-state index in [1.165, 1.54) is 11.0 Å². The summed E-state index contributed by atoms with van der Waals surface area (Å²) in [6, 6.07) is 8.73. The molecular weight excluding hydrogens is 462 g/mol. The molecule has 4 rings (SSSR count). The largest absolute Gasteiger partial charge is 0.368 e. The highest BCUT2D eigenvalue weighted by atomic mass is 16.2. The van der Waals surface area contributed by atoms with Gasteiger partial charge in [-0.2, -0.15) is 9.67 Å². The van der Waals surface area contributed by atoms with Crippen LogP contribution >= 0.6 is 0 Å². The van der Waals surface area contributed by atoms with Crippen LogP contribution in [-0.4, -0.2) is 73.8 Å². The monoisotopic (exact) mass is 493 g/mol. The van der Waals surface area contributed by atoms with Crippen LogP contribution in [0.5, 0.6) is 0 Å². The summed E-state index contributed by atoms with van der Waals surface area (Å²) >= 11 is 0. The highest BCUT2D eigenvalue weighted by molar-refractivity contribution is 5.89. The van der Waals surface area contributed by atoms with Crippen LogP contribution in [0.3, 0.4) is 0 Å². The number of nitrogens with two attached hydrogens (primary N) is 1. The topological polar surface area (TPSA) is 159 Å². The van der Waals surface area contributed by atoms with Gasteiger partial charge >= 0.3 is 6.03 Å². The average Bonchev–Trinajstić information content (AvgIpc) is 3.03. The zero-order valence-corrected chi connectivity index (χ0v) is 20.6. The number of aromatic nitrogens is 5. The number of nitrogens with one attached hydrogen (secondary N) is 3. The molecule has 0 atom stereocenters. The van der Waals surface area contributed by atoms with Crippen LogP contribution in [0.2, 0.25) is 0 Å². The molecule has 36 heavy (non-hydrogen) atoms. The van der Waals surface area contributed by atoms with Gasteiger partial charge in [0.25, 0.3) is 0 Å². The smallest absolute Gasteiger partial charge is 0.319 e. The molecule has 1 aromatic carbocycles. The number of urea groups is 1. The Hall–Kier alpha value is -4.42. The quantitative estimate of drug-likeness (QED) is 0.403. The summed E-state index contributed by atoms with van der Waals surface area (Å²) in [5.41, 5.74) is 7.51. The molecule has 190 valence electrons. The van der Waals surface area contributed by atoms with Crippen molar-refractivity contribution < 1.29 is 9.59 Å². The summed E-state index contributed by atoms with van der Waals surface area (Å²) in [6.45, 7) is 8.22. The van der Waals surface area contributed by atoms with Crippen LogP contribution in [0.15, 0.2) is 36.7 Å². The van der Waals surface area contributed by atoms with Gasteiger partial charge in [-0.05, 0) is 44.5 Å². The van der Waals surface area contributed by atoms with Crippen molar-refractivity contribution in [3.05, 3.63) is 36.7 Å². The summed E-state index contributed by atoms with van der Waals surface area (Å²) < 4.78 is 1.44. The third kappa shape index (κ3) is 6.17. The number of nitrogens with zero attached hydrogens (tertiary/aromatic N) is 7. The van der Waals surface area contributed by atoms with Crippen LogP contribution in [0.4, 0.5) is 33.9 Å². The van der Waals surface area contributed by atoms with Crippen LogP contribution in [0.25, 0.3) is 5.82 Å². The van der Waals surface area contributed by atoms with Gasteiger partial charge in [-0.25, -0.2) is 14.8 Å². The SMILES string of the molecule is CC(=O)N1CCCN(c2cc(-n3nc(Nc4ccc(NC(=O)NC(C)C)cc4)nc3N)ncn2)CC1. The number of hydrogen-bond donors (Lipinski definition) is 4. The van der Waals surface area contributed by atoms with E-state index in [4.69, 9.17) is 5.73 Å². The molecule has 3 heterocycles. The number of rotatable bonds is 6. The number of carbonyl (C=O) groups is 2. The minimum atomic E-state index is -0.264. The van der Waals surface area contributed by atoms with E-state index in [-0.39, 0.29) is 23.9 Å². The van der Waals surface area contributed by atoms with Gasteiger partial charge in [-0.15, -0.1) is 5.10 Å². The van der Waals surface area contributed by atoms with Gasteiger partial charge in [0.05, 0.1) is 0 Å². The number of anilines is 5. The molecular formula is C23H31N11O2. The molecule has 3 amide bonds. The number of carbonyl (C=O) groups excluding carboxylic acids is 2. The lowest BCUT2D eigenvalue weighted by Gasteiger charge is -2.22. The highest BCUT2D eigenvalue weighted by Crippen LogP contribution is 2.21. The molecule has 0 radical (unpaired) electrons. The van der Waals surface area contributed by atoms with Crippen LogP contribution in [-0.2, 0) is 4.79 Å². The van der Waals surface area contributed by atoms with Gasteiger partial charge in [-0.1, -0.05) is 0 Å². The van der Waals surface area contributed by atoms with E-state index in [1.54, 1.807) is 37.3 Å². The second kappa shape index (κ2) is 10.9. The molecule has 1 saturated heterocycles. The number of nitrogen functional groups attached to an aromatic ring is 1. The highest BCUT2D eigenvalue weighted by Gasteiger charge is 2.19. The van der Waals surface area contributed by atoms with Crippen molar-refractivity contribution in [1.82, 2.24) is 34.9 Å². The second-order valence-electron chi connectivity index (χ2n) is 8.74. The maximum atomic E-state index is 11.9. The summed E-state index contributed by atoms with van der Waals surface area (Å²) in [7, 11) is 0. The van der Waals surface area contributed by atoms with Crippen molar-refractivity contribution in [2.75, 3.05) is 47.4 Å². The molecule has 5 N–H and O–H groups in total. The number of benzene rings is 1. The van der Waals surface area contributed by atoms with Crippen molar-refractivity contribution in [2.24, 2.45) is 0 Å². The zero-order valence-electron chi connectivity index (χ0n) is 20.6. The molecule has 1 aliphatic rings. The van der Waals surface area contributed by atoms with Gasteiger partial charge in [-0.3, -0.25) is 4.79 Å². The fourth-order valence-electron chi connectivity index (χ4n) is 3.83. The van der Waals surface area contributed by atoms with Gasteiger partial charge < -0.3 is 31.5 Å². The van der Waals surface area contributed by atoms with E-state index in [0.29, 0.717) is 30.5 Å². The fourth-order valence-corrected chi connectivity index (χ4v) is 3.83. The minimum Gasteiger partial charge on any atom is -0.368 e. The van der Waals surface area contributed by atoms with E-state index in [0.717, 1.165) is 31.0 Å². The first-order valence-electron chi connectivity index (χ1n) is 11.8. The van der Waals surface area contributed by atoms with E-state index in [2.05, 4.69) is 40.9 Å². The molecule has 3 aromatic rings. The normalized spacial score (nSPS) is 13.9. The Balaban J connectivity index is 1.43. The Kier molecular flexibility index (Phi) is 7.47. The van der Waals surface area contributed by atoms with Crippen molar-refractivity contribution in [3.63, 3.8) is 0 Å². The maximum absolute atomic E-state index is 11.9. The number of amides is 3. The maximum Gasteiger partial charge on any atom is 0.319 e. The predicted molar refractivity (Wildman–Crippen MR) is 137 cm³/mol. The summed E-state index contributed by atoms with van der Waals surface area (Å²) in [4.78, 5) is 40.6. The molecule has 2 aromatic heterocycles. The standard InChI is InChI=1S/C23H31N11O2/c1-15(2)27-23(36)29-18-7-5-17(6-8-18)28-22-30-21(24)34(31-22)20-13-19(25-14-26-20)33-10-4-9-32(11-12-33)16(3)35/h5-8,13-15H,4,9-12H2,1-3H3,(H2,27,29,36)(H3,24,28,30,31). The lowest BCUT2D eigenvalue weighted by molar-refractivity contribution is -0.128. The third-order valence-corrected chi connectivity index (χ3v) is 5.57. The first-order chi connectivity index (χ1) is 17.3. The van der Waals surface area contributed by atoms with Gasteiger partial charge in [0.15, 0.2) is 5.82 Å². The van der Waals surface area contributed by atoms with E-state index < -0.39 is 0 Å². The summed E-state index contributed by atoms with van der Waals surface area (Å²) in [6.07, 6.45) is 2.32. The van der Waals surface area contributed by atoms with Crippen molar-refractivity contribution in [2.45, 2.75) is 33.2 Å². The van der Waals surface area contributed by atoms with Crippen LogP contribution < -0.4 is 26.6 Å². The van der Waals surface area contributed by atoms with E-state index in [1.807, 2.05) is 18.7 Å². The first-order valence-corrected chi connectivity index (χ1v) is 11.8. The molecule has 1 aliphatic heterocycles. The van der Waals surface area contributed by atoms with Gasteiger partial charge in [0.2, 0.25) is 17.8 Å². The van der Waals surface area contributed by atoms with Gasteiger partial charge in [0, 0.05) is 56.6 Å². The Morgan fingerprint density at radius 3 is 2.44 bits per heavy atom. The van der Waals surface area contributed by atoms with E-state index in [9.17, 15) is 9.59 Å². The second-order valence-corrected chi connectivity index (χ2v) is 8.74. The van der Waals surface area contributed by atoms with Crippen molar-refractivity contribution in [3.8, 4) is 5.82 Å². The molecule has 1 fully saturated rings. The zero-order chi connectivity index (χ0) is 25.7. The van der Waals surface area contributed by atoms with Crippen molar-refractivity contribution in [1.29, 1.82) is 0 Å². The minimum absolute atomic E-state index is 0.0463. The summed E-state index contributed by atoms with van der Waals surface area (Å²) in [5.74, 6) is 1.78. The molecule has 0 unspecified atom stereocenters. The third-order valence-electron chi connectivity index (χ3n) is 5.57. The molecule has 13 nitrogen and oxygen atoms in total. The predicted octanol–water partition coefficient (Wildman–Crippen LogP) is 1.97. The molecule has 0 saturated carbocycles. The van der Waals surface area contributed by atoms with Crippen molar-refractivity contribution >= 4 is 41.0 Å². The first kappa shape index (κ1) is 24.7. The molecule has 0 spiro atoms. The van der Waals surface area contributed by atoms with Crippen LogP contribution in [0.1, 0.15) is 27.2 Å². The van der Waals surface area contributed by atoms with Gasteiger partial charge in [0.1, 0.15) is 12.1 Å². The Morgan fingerprint density at radius 1 is 1.00 bits per heavy atom. The molecule has 13 heteroatoms. The average molecular weight is 494 g/mol. The Morgan fingerprint density at radius 2 is 1.72 bits per heavy atom. The van der Waals surface area contributed by atoms with E-state index >= 15 is 0 Å². The molecule has 0 bridgehead atoms. The summed E-state index contributed by atoms with van der Waals surface area (Å²) in [5, 5.41) is 13.1. The molecule has 0 aliphatic carbocycles. The Labute approximate surface area is 209 Å². The lowest BCUT2D eigenvalue weighted by atomic mass is 10.3. The number of hydrogen-bond acceptors (Lipinski definition) is 9. The Bertz CT molecular complexity index is 1210. The fraction of sp³-hybridized carbons (Fsp3) is 0.391. The van der Waals surface area contributed by atoms with Crippen LogP contribution in [0, 0.1) is 0 Å².